The van der Waals surface area contributed by atoms with Crippen LogP contribution in [0.3, 0.4) is 0 Å². The number of hydrogen-bond donors (Lipinski definition) is 1. The third-order valence-corrected chi connectivity index (χ3v) is 4.71. The van der Waals surface area contributed by atoms with Gasteiger partial charge in [-0.15, -0.1) is 0 Å². The van der Waals surface area contributed by atoms with E-state index in [9.17, 15) is 13.2 Å². The van der Waals surface area contributed by atoms with Gasteiger partial charge in [0, 0.05) is 11.5 Å². The molecule has 0 radical (unpaired) electrons. The van der Waals surface area contributed by atoms with E-state index in [1.54, 1.807) is 24.3 Å². The molecule has 0 atom stereocenters. The molecule has 142 valence electrons. The highest BCUT2D eigenvalue weighted by Gasteiger charge is 2.36. The predicted molar refractivity (Wildman–Crippen MR) is 92.4 cm³/mol. The van der Waals surface area contributed by atoms with E-state index in [1.807, 2.05) is 17.9 Å². The molecule has 3 heterocycles. The Kier molecular flexibility index (Phi) is 4.47. The summed E-state index contributed by atoms with van der Waals surface area (Å²) in [5.41, 5.74) is 1.20. The van der Waals surface area contributed by atoms with Crippen molar-refractivity contribution >= 4 is 16.7 Å². The van der Waals surface area contributed by atoms with Gasteiger partial charge in [0.15, 0.2) is 0 Å². The predicted octanol–water partition coefficient (Wildman–Crippen LogP) is 1.85. The molecule has 1 fully saturated rings. The smallest absolute Gasteiger partial charge is 0.361 e. The lowest BCUT2D eigenvalue weighted by atomic mass is 10.2. The second-order valence-corrected chi connectivity index (χ2v) is 6.73. The largest absolute Gasteiger partial charge is 0.451 e. The van der Waals surface area contributed by atoms with E-state index < -0.39 is 12.0 Å². The van der Waals surface area contributed by atoms with Crippen LogP contribution in [0.5, 0.6) is 0 Å². The van der Waals surface area contributed by atoms with E-state index in [0.29, 0.717) is 29.8 Å². The number of anilines is 1. The SMILES string of the molecule is Cc1cc(C[NH+]2CCN(c3nc(C(F)(F)F)nc4ccccc34)CC2)no1. The summed E-state index contributed by atoms with van der Waals surface area (Å²) in [6.45, 7) is 5.39. The molecule has 0 amide bonds. The number of alkyl halides is 3. The van der Waals surface area contributed by atoms with Crippen LogP contribution in [0.4, 0.5) is 19.0 Å². The number of benzene rings is 1. The van der Waals surface area contributed by atoms with Gasteiger partial charge in [0.05, 0.1) is 31.7 Å². The Morgan fingerprint density at radius 2 is 1.89 bits per heavy atom. The van der Waals surface area contributed by atoms with E-state index in [2.05, 4.69) is 15.1 Å². The first kappa shape index (κ1) is 17.7. The maximum absolute atomic E-state index is 13.2. The van der Waals surface area contributed by atoms with Crippen molar-refractivity contribution in [2.45, 2.75) is 19.6 Å². The highest BCUT2D eigenvalue weighted by atomic mass is 19.4. The lowest BCUT2D eigenvalue weighted by molar-refractivity contribution is -0.914. The van der Waals surface area contributed by atoms with Crippen LogP contribution in [0.1, 0.15) is 17.3 Å². The quantitative estimate of drug-likeness (QED) is 0.754. The highest BCUT2D eigenvalue weighted by molar-refractivity contribution is 5.89. The van der Waals surface area contributed by atoms with Gasteiger partial charge in [-0.25, -0.2) is 9.97 Å². The lowest BCUT2D eigenvalue weighted by Crippen LogP contribution is -3.13. The van der Waals surface area contributed by atoms with Gasteiger partial charge >= 0.3 is 6.18 Å². The number of piperazine rings is 1. The van der Waals surface area contributed by atoms with Gasteiger partial charge in [0.2, 0.25) is 5.82 Å². The maximum Gasteiger partial charge on any atom is 0.451 e. The number of nitrogens with zero attached hydrogens (tertiary/aromatic N) is 4. The zero-order valence-corrected chi connectivity index (χ0v) is 14.8. The minimum absolute atomic E-state index is 0.308. The molecule has 1 saturated heterocycles. The zero-order valence-electron chi connectivity index (χ0n) is 14.8. The van der Waals surface area contributed by atoms with Gasteiger partial charge in [-0.1, -0.05) is 17.3 Å². The summed E-state index contributed by atoms with van der Waals surface area (Å²) in [6.07, 6.45) is -4.57. The molecule has 9 heteroatoms. The molecule has 1 aromatic carbocycles. The topological polar surface area (TPSA) is 59.5 Å². The molecule has 0 unspecified atom stereocenters. The fourth-order valence-corrected chi connectivity index (χ4v) is 3.40. The molecule has 1 N–H and O–H groups in total. The first-order valence-corrected chi connectivity index (χ1v) is 8.75. The third-order valence-electron chi connectivity index (χ3n) is 4.71. The molecule has 27 heavy (non-hydrogen) atoms. The number of aromatic nitrogens is 3. The van der Waals surface area contributed by atoms with Gasteiger partial charge in [-0.3, -0.25) is 0 Å². The molecule has 2 aromatic heterocycles. The summed E-state index contributed by atoms with van der Waals surface area (Å²) in [5, 5.41) is 4.65. The number of halogens is 3. The highest BCUT2D eigenvalue weighted by Crippen LogP contribution is 2.31. The Morgan fingerprint density at radius 3 is 2.56 bits per heavy atom. The molecular formula is C18H19F3N5O+. The van der Waals surface area contributed by atoms with Crippen molar-refractivity contribution in [3.05, 3.63) is 47.6 Å². The number of aryl methyl sites for hydroxylation is 1. The zero-order chi connectivity index (χ0) is 19.0. The van der Waals surface area contributed by atoms with Crippen LogP contribution in [0.25, 0.3) is 10.9 Å². The minimum atomic E-state index is -4.57. The summed E-state index contributed by atoms with van der Waals surface area (Å²) in [7, 11) is 0. The van der Waals surface area contributed by atoms with Gasteiger partial charge < -0.3 is 14.3 Å². The van der Waals surface area contributed by atoms with E-state index in [0.717, 1.165) is 31.1 Å². The van der Waals surface area contributed by atoms with Crippen molar-refractivity contribution in [2.75, 3.05) is 31.1 Å². The third kappa shape index (κ3) is 3.73. The van der Waals surface area contributed by atoms with E-state index >= 15 is 0 Å². The number of rotatable bonds is 3. The maximum atomic E-state index is 13.2. The van der Waals surface area contributed by atoms with Crippen molar-refractivity contribution in [2.24, 2.45) is 0 Å². The number of fused-ring (bicyclic) bond motifs is 1. The molecule has 1 aliphatic heterocycles. The van der Waals surface area contributed by atoms with Crippen LogP contribution in [0.2, 0.25) is 0 Å². The second-order valence-electron chi connectivity index (χ2n) is 6.73. The summed E-state index contributed by atoms with van der Waals surface area (Å²) in [4.78, 5) is 10.8. The summed E-state index contributed by atoms with van der Waals surface area (Å²) in [6, 6.07) is 8.73. The van der Waals surface area contributed by atoms with Crippen molar-refractivity contribution < 1.29 is 22.6 Å². The van der Waals surface area contributed by atoms with Gasteiger partial charge in [-0.2, -0.15) is 13.2 Å². The van der Waals surface area contributed by atoms with Gasteiger partial charge in [0.25, 0.3) is 0 Å². The Hall–Kier alpha value is -2.68. The van der Waals surface area contributed by atoms with Crippen molar-refractivity contribution in [1.82, 2.24) is 15.1 Å². The van der Waals surface area contributed by atoms with Gasteiger partial charge in [-0.05, 0) is 19.1 Å². The molecule has 0 bridgehead atoms. The fourth-order valence-electron chi connectivity index (χ4n) is 3.40. The Labute approximate surface area is 153 Å². The molecule has 0 saturated carbocycles. The Morgan fingerprint density at radius 1 is 1.15 bits per heavy atom. The van der Waals surface area contributed by atoms with E-state index in [1.165, 1.54) is 4.90 Å². The molecule has 1 aliphatic rings. The summed E-state index contributed by atoms with van der Waals surface area (Å²) in [5.74, 6) is 0.0310. The van der Waals surface area contributed by atoms with E-state index in [-0.39, 0.29) is 0 Å². The van der Waals surface area contributed by atoms with Crippen LogP contribution >= 0.6 is 0 Å². The second kappa shape index (κ2) is 6.80. The average Bonchev–Trinajstić information content (AvgIpc) is 3.05. The van der Waals surface area contributed by atoms with Crippen LogP contribution in [0, 0.1) is 6.92 Å². The number of para-hydroxylation sites is 1. The molecule has 0 spiro atoms. The van der Waals surface area contributed by atoms with Crippen LogP contribution < -0.4 is 9.80 Å². The van der Waals surface area contributed by atoms with Crippen LogP contribution in [0.15, 0.2) is 34.9 Å². The molecule has 0 aliphatic carbocycles. The minimum Gasteiger partial charge on any atom is -0.361 e. The molecule has 4 rings (SSSR count). The molecule has 6 nitrogen and oxygen atoms in total. The average molecular weight is 378 g/mol. The number of hydrogen-bond acceptors (Lipinski definition) is 5. The van der Waals surface area contributed by atoms with Crippen molar-refractivity contribution in [1.29, 1.82) is 0 Å². The van der Waals surface area contributed by atoms with Crippen LogP contribution in [-0.4, -0.2) is 41.3 Å². The standard InChI is InChI=1S/C18H18F3N5O/c1-12-10-13(24-27-12)11-25-6-8-26(9-7-25)16-14-4-2-3-5-15(14)22-17(23-16)18(19,20)21/h2-5,10H,6-9,11H2,1H3/p+1. The number of quaternary nitrogens is 1. The number of nitrogens with one attached hydrogen (secondary N) is 1. The van der Waals surface area contributed by atoms with Crippen molar-refractivity contribution in [3.8, 4) is 0 Å². The monoisotopic (exact) mass is 378 g/mol. The Bertz CT molecular complexity index is 948. The first-order chi connectivity index (χ1) is 12.9. The summed E-state index contributed by atoms with van der Waals surface area (Å²) < 4.78 is 44.7. The fraction of sp³-hybridized carbons (Fsp3) is 0.389. The molecule has 3 aromatic rings. The van der Waals surface area contributed by atoms with E-state index in [4.69, 9.17) is 4.52 Å². The Balaban J connectivity index is 1.56. The first-order valence-electron chi connectivity index (χ1n) is 8.75. The van der Waals surface area contributed by atoms with Crippen molar-refractivity contribution in [3.63, 3.8) is 0 Å². The van der Waals surface area contributed by atoms with Gasteiger partial charge in [0.1, 0.15) is 23.8 Å². The van der Waals surface area contributed by atoms with Crippen LogP contribution in [-0.2, 0) is 12.7 Å². The normalized spacial score (nSPS) is 16.2. The summed E-state index contributed by atoms with van der Waals surface area (Å²) >= 11 is 0. The lowest BCUT2D eigenvalue weighted by Gasteiger charge is -2.33. The molecular weight excluding hydrogens is 359 g/mol.